The quantitative estimate of drug-likeness (QED) is 0.0261. The van der Waals surface area contributed by atoms with Crippen LogP contribution in [0.25, 0.3) is 0 Å². The second-order valence-electron chi connectivity index (χ2n) is 23.1. The van der Waals surface area contributed by atoms with Crippen LogP contribution >= 0.6 is 0 Å². The molecule has 0 aromatic heterocycles. The van der Waals surface area contributed by atoms with Crippen LogP contribution in [0.15, 0.2) is 60.8 Å². The van der Waals surface area contributed by atoms with Gasteiger partial charge < -0.3 is 14.2 Å². The van der Waals surface area contributed by atoms with Crippen molar-refractivity contribution in [3.63, 3.8) is 0 Å². The van der Waals surface area contributed by atoms with E-state index >= 15 is 0 Å². The molecule has 0 heterocycles. The molecule has 78 heavy (non-hydrogen) atoms. The summed E-state index contributed by atoms with van der Waals surface area (Å²) in [6.07, 6.45) is 85.5. The average molecular weight is 1090 g/mol. The Morgan fingerprint density at radius 3 is 0.808 bits per heavy atom. The van der Waals surface area contributed by atoms with Crippen LogP contribution in [-0.2, 0) is 28.6 Å². The molecule has 0 saturated carbocycles. The molecule has 0 saturated heterocycles. The Morgan fingerprint density at radius 2 is 0.487 bits per heavy atom. The molecule has 0 aromatic rings. The lowest BCUT2D eigenvalue weighted by Crippen LogP contribution is -2.30. The van der Waals surface area contributed by atoms with Crippen molar-refractivity contribution >= 4 is 17.9 Å². The summed E-state index contributed by atoms with van der Waals surface area (Å²) in [5.41, 5.74) is 0. The second-order valence-corrected chi connectivity index (χ2v) is 23.1. The molecule has 0 aliphatic heterocycles. The van der Waals surface area contributed by atoms with Gasteiger partial charge in [0.1, 0.15) is 13.2 Å². The fourth-order valence-electron chi connectivity index (χ4n) is 10.0. The lowest BCUT2D eigenvalue weighted by Gasteiger charge is -2.18. The number of rotatable bonds is 63. The Hall–Kier alpha value is -2.89. The zero-order valence-electron chi connectivity index (χ0n) is 52.2. The van der Waals surface area contributed by atoms with Crippen LogP contribution in [0, 0.1) is 0 Å². The van der Waals surface area contributed by atoms with E-state index in [9.17, 15) is 14.4 Å². The molecule has 0 spiro atoms. The molecule has 0 aliphatic carbocycles. The van der Waals surface area contributed by atoms with Gasteiger partial charge in [0.25, 0.3) is 0 Å². The fourth-order valence-corrected chi connectivity index (χ4v) is 10.0. The first-order chi connectivity index (χ1) is 38.5. The summed E-state index contributed by atoms with van der Waals surface area (Å²) in [6, 6.07) is 0. The van der Waals surface area contributed by atoms with E-state index in [2.05, 4.69) is 81.5 Å². The topological polar surface area (TPSA) is 78.9 Å². The van der Waals surface area contributed by atoms with Crippen LogP contribution in [-0.4, -0.2) is 37.2 Å². The number of hydrogen-bond donors (Lipinski definition) is 0. The summed E-state index contributed by atoms with van der Waals surface area (Å²) in [5, 5.41) is 0. The summed E-state index contributed by atoms with van der Waals surface area (Å²) in [7, 11) is 0. The molecule has 0 fully saturated rings. The lowest BCUT2D eigenvalue weighted by molar-refractivity contribution is -0.167. The molecular weight excluding hydrogens is 961 g/mol. The number of hydrogen-bond acceptors (Lipinski definition) is 6. The molecule has 6 heteroatoms. The van der Waals surface area contributed by atoms with Crippen molar-refractivity contribution in [2.75, 3.05) is 13.2 Å². The third kappa shape index (κ3) is 63.9. The molecule has 0 aliphatic rings. The predicted molar refractivity (Wildman–Crippen MR) is 339 cm³/mol. The summed E-state index contributed by atoms with van der Waals surface area (Å²) < 4.78 is 16.9. The average Bonchev–Trinajstić information content (AvgIpc) is 3.44. The normalized spacial score (nSPS) is 12.4. The second kappa shape index (κ2) is 66.6. The van der Waals surface area contributed by atoms with E-state index in [1.165, 1.54) is 225 Å². The first-order valence-electron chi connectivity index (χ1n) is 34.3. The van der Waals surface area contributed by atoms with E-state index in [0.29, 0.717) is 19.3 Å². The van der Waals surface area contributed by atoms with Crippen LogP contribution in [0.1, 0.15) is 361 Å². The number of carbonyl (C=O) groups is 3. The highest BCUT2D eigenvalue weighted by atomic mass is 16.6. The first-order valence-corrected chi connectivity index (χ1v) is 34.3. The van der Waals surface area contributed by atoms with Gasteiger partial charge >= 0.3 is 17.9 Å². The van der Waals surface area contributed by atoms with Crippen molar-refractivity contribution in [1.82, 2.24) is 0 Å². The SMILES string of the molecule is CCC/C=C\CCCCCCCC(=O)OCC(COC(=O)CCCCCCCCCCCCCCCCCCCCC/C=C\CCCCCCCCCC)OC(=O)CCCCCCCC/C=C\C/C=C\C/C=C\CCCCC. The minimum atomic E-state index is -0.784. The van der Waals surface area contributed by atoms with Crippen LogP contribution < -0.4 is 0 Å². The van der Waals surface area contributed by atoms with Crippen LogP contribution in [0.3, 0.4) is 0 Å². The van der Waals surface area contributed by atoms with E-state index in [-0.39, 0.29) is 31.1 Å². The number of allylic oxidation sites excluding steroid dienone is 10. The minimum absolute atomic E-state index is 0.0795. The molecule has 0 aromatic carbocycles. The summed E-state index contributed by atoms with van der Waals surface area (Å²) in [4.78, 5) is 38.2. The van der Waals surface area contributed by atoms with Gasteiger partial charge in [0.2, 0.25) is 0 Å². The van der Waals surface area contributed by atoms with Gasteiger partial charge in [0.15, 0.2) is 6.10 Å². The van der Waals surface area contributed by atoms with Crippen LogP contribution in [0.4, 0.5) is 0 Å². The summed E-state index contributed by atoms with van der Waals surface area (Å²) in [6.45, 7) is 6.58. The van der Waals surface area contributed by atoms with Gasteiger partial charge in [0.05, 0.1) is 0 Å². The van der Waals surface area contributed by atoms with Crippen molar-refractivity contribution in [3.05, 3.63) is 60.8 Å². The van der Waals surface area contributed by atoms with E-state index in [0.717, 1.165) is 96.3 Å². The smallest absolute Gasteiger partial charge is 0.306 e. The van der Waals surface area contributed by atoms with E-state index in [1.54, 1.807) is 0 Å². The maximum absolute atomic E-state index is 12.9. The van der Waals surface area contributed by atoms with Gasteiger partial charge in [-0.3, -0.25) is 14.4 Å². The van der Waals surface area contributed by atoms with Gasteiger partial charge in [-0.05, 0) is 103 Å². The van der Waals surface area contributed by atoms with Gasteiger partial charge in [-0.25, -0.2) is 0 Å². The number of carbonyl (C=O) groups excluding carboxylic acids is 3. The zero-order valence-corrected chi connectivity index (χ0v) is 52.2. The number of unbranched alkanes of at least 4 members (excludes halogenated alkanes) is 42. The molecule has 0 amide bonds. The largest absolute Gasteiger partial charge is 0.462 e. The lowest BCUT2D eigenvalue weighted by atomic mass is 10.0. The first kappa shape index (κ1) is 75.1. The van der Waals surface area contributed by atoms with Crippen molar-refractivity contribution in [2.45, 2.75) is 367 Å². The Balaban J connectivity index is 4.12. The Bertz CT molecular complexity index is 1390. The third-order valence-electron chi connectivity index (χ3n) is 15.2. The number of esters is 3. The van der Waals surface area contributed by atoms with Gasteiger partial charge in [-0.15, -0.1) is 0 Å². The Labute approximate surface area is 485 Å². The summed E-state index contributed by atoms with van der Waals surface area (Å²) >= 11 is 0. The van der Waals surface area contributed by atoms with Gasteiger partial charge in [-0.1, -0.05) is 300 Å². The predicted octanol–water partition coefficient (Wildman–Crippen LogP) is 23.5. The van der Waals surface area contributed by atoms with Crippen molar-refractivity contribution in [1.29, 1.82) is 0 Å². The number of ether oxygens (including phenoxy) is 3. The highest BCUT2D eigenvalue weighted by molar-refractivity contribution is 5.71. The summed E-state index contributed by atoms with van der Waals surface area (Å²) in [5.74, 6) is -0.886. The van der Waals surface area contributed by atoms with Crippen molar-refractivity contribution in [2.24, 2.45) is 0 Å². The molecular formula is C72H130O6. The Kier molecular flexibility index (Phi) is 64.2. The molecule has 454 valence electrons. The van der Waals surface area contributed by atoms with Crippen LogP contribution in [0.2, 0.25) is 0 Å². The maximum atomic E-state index is 12.9. The Morgan fingerprint density at radius 1 is 0.256 bits per heavy atom. The highest BCUT2D eigenvalue weighted by Gasteiger charge is 2.19. The zero-order chi connectivity index (χ0) is 56.4. The maximum Gasteiger partial charge on any atom is 0.306 e. The molecule has 0 bridgehead atoms. The molecule has 6 nitrogen and oxygen atoms in total. The van der Waals surface area contributed by atoms with E-state index < -0.39 is 6.10 Å². The highest BCUT2D eigenvalue weighted by Crippen LogP contribution is 2.18. The van der Waals surface area contributed by atoms with E-state index in [4.69, 9.17) is 14.2 Å². The molecule has 1 unspecified atom stereocenters. The molecule has 0 radical (unpaired) electrons. The van der Waals surface area contributed by atoms with Crippen molar-refractivity contribution in [3.8, 4) is 0 Å². The molecule has 0 N–H and O–H groups in total. The van der Waals surface area contributed by atoms with E-state index in [1.807, 2.05) is 0 Å². The van der Waals surface area contributed by atoms with Crippen molar-refractivity contribution < 1.29 is 28.6 Å². The van der Waals surface area contributed by atoms with Crippen LogP contribution in [0.5, 0.6) is 0 Å². The molecule has 1 atom stereocenters. The fraction of sp³-hybridized carbons (Fsp3) is 0.819. The van der Waals surface area contributed by atoms with Gasteiger partial charge in [-0.2, -0.15) is 0 Å². The van der Waals surface area contributed by atoms with Gasteiger partial charge in [0, 0.05) is 19.3 Å². The standard InChI is InChI=1S/C72H130O6/c1-4-7-10-13-16-19-22-24-26-28-30-31-32-33-34-35-36-37-38-39-40-41-43-44-46-48-50-53-56-59-62-65-71(74)77-68-69(67-76-70(73)64-61-58-55-52-21-18-15-12-9-6-3)78-72(75)66-63-60-57-54-51-49-47-45-42-29-27-25-23-20-17-14-11-8-5-2/h12,15,17,20,25,27-28,30,42,45,69H,4-11,13-14,16,18-19,21-24,26,29,31-41,43-44,46-68H2,1-3H3/b15-12-,20-17-,27-25-,30-28-,45-42-. The molecule has 0 rings (SSSR count). The minimum Gasteiger partial charge on any atom is -0.462 e. The third-order valence-corrected chi connectivity index (χ3v) is 15.2. The monoisotopic (exact) mass is 1090 g/mol.